The number of nitrogens with zero attached hydrogens (tertiary/aromatic N) is 3. The molecule has 0 fully saturated rings. The summed E-state index contributed by atoms with van der Waals surface area (Å²) >= 11 is 0. The van der Waals surface area contributed by atoms with Crippen molar-refractivity contribution in [3.8, 4) is 17.3 Å². The Labute approximate surface area is 97.6 Å². The topological polar surface area (TPSA) is 65.4 Å². The summed E-state index contributed by atoms with van der Waals surface area (Å²) in [5.41, 5.74) is 4.24. The first-order valence-corrected chi connectivity index (χ1v) is 5.17. The maximum Gasteiger partial charge on any atom is 0.156 e. The molecule has 17 heavy (non-hydrogen) atoms. The summed E-state index contributed by atoms with van der Waals surface area (Å²) in [5, 5.41) is 8.74. The summed E-state index contributed by atoms with van der Waals surface area (Å²) in [6.45, 7) is 0. The lowest BCUT2D eigenvalue weighted by Gasteiger charge is -1.96. The smallest absolute Gasteiger partial charge is 0.156 e. The van der Waals surface area contributed by atoms with Crippen molar-refractivity contribution in [3.63, 3.8) is 0 Å². The molecule has 1 aromatic carbocycles. The molecule has 0 saturated heterocycles. The number of nitrogens with one attached hydrogen (secondary N) is 1. The molecule has 0 bridgehead atoms. The Morgan fingerprint density at radius 2 is 1.82 bits per heavy atom. The number of H-pyrrole nitrogens is 1. The third kappa shape index (κ3) is 1.64. The zero-order valence-corrected chi connectivity index (χ0v) is 8.88. The Bertz CT molecular complexity index is 671. The molecule has 2 aromatic heterocycles. The number of hydrogen-bond acceptors (Lipinski definition) is 3. The molecule has 0 aliphatic carbocycles. The number of aromatic amines is 1. The molecule has 0 atom stereocenters. The molecule has 1 N–H and O–H groups in total. The van der Waals surface area contributed by atoms with Gasteiger partial charge in [-0.1, -0.05) is 12.1 Å². The van der Waals surface area contributed by atoms with Gasteiger partial charge in [0.2, 0.25) is 0 Å². The molecule has 4 nitrogen and oxygen atoms in total. The van der Waals surface area contributed by atoms with Crippen LogP contribution in [0.15, 0.2) is 42.7 Å². The Kier molecular flexibility index (Phi) is 2.09. The first kappa shape index (κ1) is 9.55. The van der Waals surface area contributed by atoms with Gasteiger partial charge in [-0.15, -0.1) is 0 Å². The van der Waals surface area contributed by atoms with E-state index in [0.717, 1.165) is 22.4 Å². The zero-order chi connectivity index (χ0) is 11.7. The van der Waals surface area contributed by atoms with Gasteiger partial charge < -0.3 is 4.98 Å². The molecule has 3 aromatic rings. The molecule has 0 unspecified atom stereocenters. The summed E-state index contributed by atoms with van der Waals surface area (Å²) in [6, 6.07) is 11.4. The van der Waals surface area contributed by atoms with Crippen molar-refractivity contribution in [2.45, 2.75) is 0 Å². The van der Waals surface area contributed by atoms with E-state index in [4.69, 9.17) is 5.26 Å². The second kappa shape index (κ2) is 3.72. The van der Waals surface area contributed by atoms with Crippen molar-refractivity contribution in [3.05, 3.63) is 48.3 Å². The summed E-state index contributed by atoms with van der Waals surface area (Å²) in [6.07, 6.45) is 3.32. The summed E-state index contributed by atoms with van der Waals surface area (Å²) in [5.74, 6) is 0. The first-order chi connectivity index (χ1) is 8.36. The third-order valence-corrected chi connectivity index (χ3v) is 2.59. The fraction of sp³-hybridized carbons (Fsp3) is 0. The minimum absolute atomic E-state index is 0.654. The highest BCUT2D eigenvalue weighted by Gasteiger charge is 2.04. The highest BCUT2D eigenvalue weighted by Crippen LogP contribution is 2.21. The molecule has 0 aliphatic heterocycles. The second-order valence-electron chi connectivity index (χ2n) is 3.66. The van der Waals surface area contributed by atoms with Gasteiger partial charge in [0, 0.05) is 18.1 Å². The predicted octanol–water partition coefficient (Wildman–Crippen LogP) is 2.50. The van der Waals surface area contributed by atoms with E-state index in [2.05, 4.69) is 21.0 Å². The molecule has 0 spiro atoms. The van der Waals surface area contributed by atoms with Crippen LogP contribution in [-0.2, 0) is 0 Å². The minimum Gasteiger partial charge on any atom is -0.338 e. The van der Waals surface area contributed by atoms with Gasteiger partial charge in [0.15, 0.2) is 5.65 Å². The molecule has 0 amide bonds. The van der Waals surface area contributed by atoms with Gasteiger partial charge >= 0.3 is 0 Å². The van der Waals surface area contributed by atoms with Crippen molar-refractivity contribution in [1.82, 2.24) is 15.0 Å². The van der Waals surface area contributed by atoms with Crippen LogP contribution in [0.25, 0.3) is 22.4 Å². The zero-order valence-electron chi connectivity index (χ0n) is 8.88. The van der Waals surface area contributed by atoms with Crippen LogP contribution in [-0.4, -0.2) is 15.0 Å². The van der Waals surface area contributed by atoms with Crippen LogP contribution < -0.4 is 0 Å². The molecular weight excluding hydrogens is 212 g/mol. The van der Waals surface area contributed by atoms with E-state index in [1.54, 1.807) is 24.5 Å². The highest BCUT2D eigenvalue weighted by molar-refractivity contribution is 5.79. The Morgan fingerprint density at radius 1 is 1.06 bits per heavy atom. The lowest BCUT2D eigenvalue weighted by molar-refractivity contribution is 1.26. The minimum atomic E-state index is 0.654. The molecule has 0 saturated carbocycles. The average Bonchev–Trinajstić information content (AvgIpc) is 2.82. The monoisotopic (exact) mass is 220 g/mol. The Hall–Kier alpha value is -2.67. The van der Waals surface area contributed by atoms with Crippen LogP contribution in [0, 0.1) is 11.3 Å². The lowest BCUT2D eigenvalue weighted by Crippen LogP contribution is -1.79. The lowest BCUT2D eigenvalue weighted by atomic mass is 10.1. The normalized spacial score (nSPS) is 10.3. The van der Waals surface area contributed by atoms with Crippen molar-refractivity contribution in [1.29, 1.82) is 5.26 Å². The van der Waals surface area contributed by atoms with Gasteiger partial charge in [0.25, 0.3) is 0 Å². The fourth-order valence-corrected chi connectivity index (χ4v) is 1.73. The van der Waals surface area contributed by atoms with Crippen molar-refractivity contribution >= 4 is 11.2 Å². The van der Waals surface area contributed by atoms with E-state index in [1.807, 2.05) is 18.2 Å². The van der Waals surface area contributed by atoms with Crippen molar-refractivity contribution in [2.75, 3.05) is 0 Å². The molecule has 2 heterocycles. The van der Waals surface area contributed by atoms with Crippen molar-refractivity contribution in [2.24, 2.45) is 0 Å². The van der Waals surface area contributed by atoms with E-state index in [9.17, 15) is 0 Å². The van der Waals surface area contributed by atoms with Gasteiger partial charge in [-0.3, -0.25) is 4.98 Å². The SMILES string of the molecule is N#Cc1ccc(-c2cc3nccnc3[nH]2)cc1. The van der Waals surface area contributed by atoms with E-state index in [0.29, 0.717) is 5.56 Å². The third-order valence-electron chi connectivity index (χ3n) is 2.59. The molecule has 80 valence electrons. The predicted molar refractivity (Wildman–Crippen MR) is 64.0 cm³/mol. The van der Waals surface area contributed by atoms with Gasteiger partial charge in [-0.2, -0.15) is 5.26 Å². The molecule has 0 aliphatic rings. The van der Waals surface area contributed by atoms with E-state index in [-0.39, 0.29) is 0 Å². The molecule has 0 radical (unpaired) electrons. The van der Waals surface area contributed by atoms with E-state index >= 15 is 0 Å². The second-order valence-corrected chi connectivity index (χ2v) is 3.66. The number of hydrogen-bond donors (Lipinski definition) is 1. The molecule has 3 rings (SSSR count). The first-order valence-electron chi connectivity index (χ1n) is 5.17. The van der Waals surface area contributed by atoms with Crippen molar-refractivity contribution < 1.29 is 0 Å². The quantitative estimate of drug-likeness (QED) is 0.685. The van der Waals surface area contributed by atoms with Crippen LogP contribution in [0.2, 0.25) is 0 Å². The summed E-state index contributed by atoms with van der Waals surface area (Å²) in [4.78, 5) is 11.6. The van der Waals surface area contributed by atoms with Crippen LogP contribution in [0.5, 0.6) is 0 Å². The number of nitriles is 1. The van der Waals surface area contributed by atoms with E-state index in [1.165, 1.54) is 0 Å². The maximum absolute atomic E-state index is 8.74. The standard InChI is InChI=1S/C13H8N4/c14-8-9-1-3-10(4-2-9)11-7-12-13(17-11)16-6-5-15-12/h1-7H,(H,16,17). The van der Waals surface area contributed by atoms with Gasteiger partial charge in [0.1, 0.15) is 5.52 Å². The van der Waals surface area contributed by atoms with Gasteiger partial charge in [0.05, 0.1) is 11.6 Å². The van der Waals surface area contributed by atoms with Gasteiger partial charge in [-0.05, 0) is 23.8 Å². The average molecular weight is 220 g/mol. The number of fused-ring (bicyclic) bond motifs is 1. The summed E-state index contributed by atoms with van der Waals surface area (Å²) in [7, 11) is 0. The van der Waals surface area contributed by atoms with Crippen LogP contribution in [0.1, 0.15) is 5.56 Å². The van der Waals surface area contributed by atoms with E-state index < -0.39 is 0 Å². The van der Waals surface area contributed by atoms with Gasteiger partial charge in [-0.25, -0.2) is 4.98 Å². The largest absolute Gasteiger partial charge is 0.338 e. The maximum atomic E-state index is 8.74. The van der Waals surface area contributed by atoms with Crippen LogP contribution >= 0.6 is 0 Å². The molecule has 4 heteroatoms. The van der Waals surface area contributed by atoms with Crippen LogP contribution in [0.4, 0.5) is 0 Å². The summed E-state index contributed by atoms with van der Waals surface area (Å²) < 4.78 is 0. The highest BCUT2D eigenvalue weighted by atomic mass is 14.9. The Morgan fingerprint density at radius 3 is 2.53 bits per heavy atom. The molecular formula is C13H8N4. The number of rotatable bonds is 1. The number of benzene rings is 1. The fourth-order valence-electron chi connectivity index (χ4n) is 1.73. The Balaban J connectivity index is 2.11. The number of aromatic nitrogens is 3. The van der Waals surface area contributed by atoms with Crippen LogP contribution in [0.3, 0.4) is 0 Å².